The van der Waals surface area contributed by atoms with Gasteiger partial charge in [-0.05, 0) is 50.8 Å². The van der Waals surface area contributed by atoms with Crippen LogP contribution in [0, 0.1) is 18.3 Å². The highest BCUT2D eigenvalue weighted by atomic mass is 32.2. The largest absolute Gasteiger partial charge is 0.337 e. The molecule has 1 aromatic carbocycles. The monoisotopic (exact) mass is 398 g/mol. The molecule has 0 bridgehead atoms. The van der Waals surface area contributed by atoms with E-state index in [9.17, 15) is 14.9 Å². The van der Waals surface area contributed by atoms with Gasteiger partial charge < -0.3 is 10.6 Å². The molecule has 8 nitrogen and oxygen atoms in total. The quantitative estimate of drug-likeness (QED) is 0.723. The number of aromatic nitrogens is 3. The Balaban J connectivity index is 1.72. The maximum absolute atomic E-state index is 12.4. The molecule has 2 N–H and O–H groups in total. The van der Waals surface area contributed by atoms with Crippen molar-refractivity contribution in [1.29, 1.82) is 5.26 Å². The summed E-state index contributed by atoms with van der Waals surface area (Å²) in [7, 11) is 0. The van der Waals surface area contributed by atoms with Crippen molar-refractivity contribution in [3.8, 4) is 11.8 Å². The van der Waals surface area contributed by atoms with E-state index in [-0.39, 0.29) is 17.6 Å². The molecule has 0 aliphatic heterocycles. The molecule has 1 fully saturated rings. The number of carbonyl (C=O) groups is 2. The van der Waals surface area contributed by atoms with Crippen LogP contribution >= 0.6 is 11.8 Å². The number of benzene rings is 1. The minimum Gasteiger partial charge on any atom is -0.337 e. The van der Waals surface area contributed by atoms with Crippen molar-refractivity contribution in [2.45, 2.75) is 50.2 Å². The molecule has 146 valence electrons. The Morgan fingerprint density at radius 2 is 2.07 bits per heavy atom. The van der Waals surface area contributed by atoms with E-state index in [4.69, 9.17) is 0 Å². The standard InChI is InChI=1S/C19H22N6O2S/c1-13-23-24-18(25(13)16-7-5-6-15(10-16)21-14(2)26)28-11-17(27)22-19(12-20)8-3-4-9-19/h5-7,10H,3-4,8-9,11H2,1-2H3,(H,21,26)(H,22,27). The molecule has 0 spiro atoms. The highest BCUT2D eigenvalue weighted by molar-refractivity contribution is 7.99. The molecular weight excluding hydrogens is 376 g/mol. The summed E-state index contributed by atoms with van der Waals surface area (Å²) >= 11 is 1.26. The topological polar surface area (TPSA) is 113 Å². The SMILES string of the molecule is CC(=O)Nc1cccc(-n2c(C)nnc2SCC(=O)NC2(C#N)CCCC2)c1. The molecule has 0 saturated heterocycles. The molecule has 0 unspecified atom stereocenters. The summed E-state index contributed by atoms with van der Waals surface area (Å²) in [5.74, 6) is 0.481. The van der Waals surface area contributed by atoms with Crippen LogP contribution in [0.25, 0.3) is 5.69 Å². The molecule has 9 heteroatoms. The number of thioether (sulfide) groups is 1. The first kappa shape index (κ1) is 19.9. The zero-order valence-corrected chi connectivity index (χ0v) is 16.7. The fraction of sp³-hybridized carbons (Fsp3) is 0.421. The zero-order valence-electron chi connectivity index (χ0n) is 15.9. The first-order chi connectivity index (χ1) is 13.4. The van der Waals surface area contributed by atoms with Crippen LogP contribution in [0.1, 0.15) is 38.4 Å². The number of nitrogens with zero attached hydrogens (tertiary/aromatic N) is 4. The predicted octanol–water partition coefficient (Wildman–Crippen LogP) is 2.58. The lowest BCUT2D eigenvalue weighted by molar-refractivity contribution is -0.120. The van der Waals surface area contributed by atoms with Gasteiger partial charge in [-0.15, -0.1) is 10.2 Å². The van der Waals surface area contributed by atoms with Gasteiger partial charge in [0.25, 0.3) is 0 Å². The maximum atomic E-state index is 12.4. The second-order valence-corrected chi connectivity index (χ2v) is 7.78. The van der Waals surface area contributed by atoms with Crippen molar-refractivity contribution in [3.63, 3.8) is 0 Å². The van der Waals surface area contributed by atoms with Gasteiger partial charge >= 0.3 is 0 Å². The van der Waals surface area contributed by atoms with Gasteiger partial charge in [0, 0.05) is 12.6 Å². The number of amides is 2. The zero-order chi connectivity index (χ0) is 20.1. The minimum absolute atomic E-state index is 0.146. The summed E-state index contributed by atoms with van der Waals surface area (Å²) in [6, 6.07) is 9.60. The van der Waals surface area contributed by atoms with Crippen LogP contribution in [-0.4, -0.2) is 37.9 Å². The summed E-state index contributed by atoms with van der Waals surface area (Å²) < 4.78 is 1.83. The summed E-state index contributed by atoms with van der Waals surface area (Å²) in [6.07, 6.45) is 3.31. The summed E-state index contributed by atoms with van der Waals surface area (Å²) in [5.41, 5.74) is 0.735. The number of rotatable bonds is 6. The van der Waals surface area contributed by atoms with Gasteiger partial charge in [0.2, 0.25) is 11.8 Å². The number of hydrogen-bond acceptors (Lipinski definition) is 6. The van der Waals surface area contributed by atoms with Crippen LogP contribution in [0.5, 0.6) is 0 Å². The molecule has 1 aliphatic carbocycles. The normalized spacial score (nSPS) is 15.0. The van der Waals surface area contributed by atoms with Crippen LogP contribution in [0.3, 0.4) is 0 Å². The van der Waals surface area contributed by atoms with Gasteiger partial charge in [-0.2, -0.15) is 5.26 Å². The molecule has 3 rings (SSSR count). The van der Waals surface area contributed by atoms with Crippen molar-refractivity contribution >= 4 is 29.3 Å². The second kappa shape index (κ2) is 8.44. The minimum atomic E-state index is -0.728. The third kappa shape index (κ3) is 4.51. The molecule has 0 radical (unpaired) electrons. The van der Waals surface area contributed by atoms with Gasteiger partial charge in [0.05, 0.1) is 17.5 Å². The Hall–Kier alpha value is -2.86. The molecule has 1 heterocycles. The van der Waals surface area contributed by atoms with Gasteiger partial charge in [0.15, 0.2) is 5.16 Å². The first-order valence-electron chi connectivity index (χ1n) is 9.07. The highest BCUT2D eigenvalue weighted by Crippen LogP contribution is 2.29. The van der Waals surface area contributed by atoms with Crippen molar-refractivity contribution in [1.82, 2.24) is 20.1 Å². The van der Waals surface area contributed by atoms with E-state index in [2.05, 4.69) is 26.9 Å². The van der Waals surface area contributed by atoms with Gasteiger partial charge in [0.1, 0.15) is 11.4 Å². The predicted molar refractivity (Wildman–Crippen MR) is 106 cm³/mol. The lowest BCUT2D eigenvalue weighted by atomic mass is 10.0. The van der Waals surface area contributed by atoms with E-state index in [0.29, 0.717) is 29.5 Å². The van der Waals surface area contributed by atoms with Crippen LogP contribution in [0.4, 0.5) is 5.69 Å². The smallest absolute Gasteiger partial charge is 0.231 e. The second-order valence-electron chi connectivity index (χ2n) is 6.83. The molecule has 28 heavy (non-hydrogen) atoms. The Bertz CT molecular complexity index is 927. The Morgan fingerprint density at radius 3 is 2.75 bits per heavy atom. The number of aryl methyl sites for hydroxylation is 1. The van der Waals surface area contributed by atoms with Crippen LogP contribution in [-0.2, 0) is 9.59 Å². The van der Waals surface area contributed by atoms with E-state index in [0.717, 1.165) is 18.5 Å². The summed E-state index contributed by atoms with van der Waals surface area (Å²) in [5, 5.41) is 23.9. The van der Waals surface area contributed by atoms with Crippen LogP contribution < -0.4 is 10.6 Å². The van der Waals surface area contributed by atoms with E-state index >= 15 is 0 Å². The third-order valence-electron chi connectivity index (χ3n) is 4.60. The number of nitrogens with one attached hydrogen (secondary N) is 2. The maximum Gasteiger partial charge on any atom is 0.231 e. The van der Waals surface area contributed by atoms with Crippen molar-refractivity contribution < 1.29 is 9.59 Å². The molecule has 2 aromatic rings. The number of nitriles is 1. The lowest BCUT2D eigenvalue weighted by Crippen LogP contribution is -2.45. The van der Waals surface area contributed by atoms with Crippen molar-refractivity contribution in [2.24, 2.45) is 0 Å². The average Bonchev–Trinajstić information content (AvgIpc) is 3.27. The van der Waals surface area contributed by atoms with Crippen molar-refractivity contribution in [3.05, 3.63) is 30.1 Å². The Morgan fingerprint density at radius 1 is 1.32 bits per heavy atom. The van der Waals surface area contributed by atoms with Crippen molar-refractivity contribution in [2.75, 3.05) is 11.1 Å². The van der Waals surface area contributed by atoms with E-state index < -0.39 is 5.54 Å². The first-order valence-corrected chi connectivity index (χ1v) is 10.1. The van der Waals surface area contributed by atoms with E-state index in [1.165, 1.54) is 18.7 Å². The number of anilines is 1. The van der Waals surface area contributed by atoms with Gasteiger partial charge in [-0.3, -0.25) is 14.2 Å². The number of hydrogen-bond donors (Lipinski definition) is 2. The highest BCUT2D eigenvalue weighted by Gasteiger charge is 2.35. The lowest BCUT2D eigenvalue weighted by Gasteiger charge is -2.21. The van der Waals surface area contributed by atoms with E-state index in [1.807, 2.05) is 29.7 Å². The third-order valence-corrected chi connectivity index (χ3v) is 5.53. The van der Waals surface area contributed by atoms with Gasteiger partial charge in [-0.1, -0.05) is 17.8 Å². The van der Waals surface area contributed by atoms with E-state index in [1.54, 1.807) is 6.07 Å². The number of carbonyl (C=O) groups excluding carboxylic acids is 2. The molecular formula is C19H22N6O2S. The molecule has 0 atom stereocenters. The fourth-order valence-corrected chi connectivity index (χ4v) is 4.13. The van der Waals surface area contributed by atoms with Gasteiger partial charge in [-0.25, -0.2) is 0 Å². The molecule has 1 aliphatic rings. The fourth-order valence-electron chi connectivity index (χ4n) is 3.34. The molecule has 2 amide bonds. The molecule has 1 saturated carbocycles. The molecule has 1 aromatic heterocycles. The Kier molecular flexibility index (Phi) is 5.99. The van der Waals surface area contributed by atoms with Crippen LogP contribution in [0.2, 0.25) is 0 Å². The average molecular weight is 398 g/mol. The summed E-state index contributed by atoms with van der Waals surface area (Å²) in [6.45, 7) is 3.28. The van der Waals surface area contributed by atoms with Crippen LogP contribution in [0.15, 0.2) is 29.4 Å². The Labute approximate surface area is 167 Å². The summed E-state index contributed by atoms with van der Waals surface area (Å²) in [4.78, 5) is 23.7.